The van der Waals surface area contributed by atoms with E-state index in [2.05, 4.69) is 0 Å². The van der Waals surface area contributed by atoms with Gasteiger partial charge in [-0.1, -0.05) is 11.6 Å². The highest BCUT2D eigenvalue weighted by atomic mass is 35.5. The number of carbonyl (C=O) groups is 1. The predicted octanol–water partition coefficient (Wildman–Crippen LogP) is 1.45. The number of halogens is 1. The number of benzene rings is 1. The molecule has 5 nitrogen and oxygen atoms in total. The highest BCUT2D eigenvalue weighted by Gasteiger charge is 2.31. The number of hydrogen-bond donors (Lipinski definition) is 1. The first-order valence-corrected chi connectivity index (χ1v) is 5.84. The molecule has 1 N–H and O–H groups in total. The summed E-state index contributed by atoms with van der Waals surface area (Å²) in [6.45, 7) is 0.250. The predicted molar refractivity (Wildman–Crippen MR) is 67.5 cm³/mol. The molecule has 1 aromatic rings. The van der Waals surface area contributed by atoms with Crippen LogP contribution in [0.15, 0.2) is 12.1 Å². The number of aliphatic hydroxyl groups excluding tert-OH is 1. The van der Waals surface area contributed by atoms with Gasteiger partial charge in [-0.15, -0.1) is 0 Å². The van der Waals surface area contributed by atoms with E-state index in [1.54, 1.807) is 12.1 Å². The Morgan fingerprint density at radius 3 is 2.50 bits per heavy atom. The highest BCUT2D eigenvalue weighted by Crippen LogP contribution is 2.39. The molecule has 0 saturated carbocycles. The van der Waals surface area contributed by atoms with Gasteiger partial charge in [-0.2, -0.15) is 0 Å². The van der Waals surface area contributed by atoms with Crippen molar-refractivity contribution in [3.8, 4) is 11.5 Å². The van der Waals surface area contributed by atoms with E-state index in [0.29, 0.717) is 22.2 Å². The molecule has 1 unspecified atom stereocenters. The lowest BCUT2D eigenvalue weighted by Gasteiger charge is -2.20. The second-order valence-electron chi connectivity index (χ2n) is 4.02. The fourth-order valence-corrected chi connectivity index (χ4v) is 2.21. The SMILES string of the molecule is COc1cc(N2CC(O)CC2=O)c(OC)cc1Cl. The third kappa shape index (κ3) is 2.23. The van der Waals surface area contributed by atoms with E-state index in [-0.39, 0.29) is 18.9 Å². The smallest absolute Gasteiger partial charge is 0.229 e. The van der Waals surface area contributed by atoms with Crippen molar-refractivity contribution in [1.29, 1.82) is 0 Å². The van der Waals surface area contributed by atoms with Crippen molar-refractivity contribution in [3.63, 3.8) is 0 Å². The number of methoxy groups -OCH3 is 2. The van der Waals surface area contributed by atoms with E-state index in [1.165, 1.54) is 19.1 Å². The van der Waals surface area contributed by atoms with Crippen LogP contribution >= 0.6 is 11.6 Å². The molecule has 0 bridgehead atoms. The zero-order valence-electron chi connectivity index (χ0n) is 10.1. The third-order valence-electron chi connectivity index (χ3n) is 2.85. The molecule has 0 spiro atoms. The van der Waals surface area contributed by atoms with Gasteiger partial charge in [0.25, 0.3) is 0 Å². The Morgan fingerprint density at radius 2 is 2.00 bits per heavy atom. The summed E-state index contributed by atoms with van der Waals surface area (Å²) in [4.78, 5) is 13.2. The molecule has 1 heterocycles. The fourth-order valence-electron chi connectivity index (χ4n) is 1.98. The van der Waals surface area contributed by atoms with E-state index < -0.39 is 6.10 Å². The first-order chi connectivity index (χ1) is 8.56. The summed E-state index contributed by atoms with van der Waals surface area (Å²) in [5.74, 6) is 0.787. The lowest BCUT2D eigenvalue weighted by molar-refractivity contribution is -0.117. The molecule has 2 rings (SSSR count). The number of anilines is 1. The Labute approximate surface area is 110 Å². The maximum atomic E-state index is 11.8. The summed E-state index contributed by atoms with van der Waals surface area (Å²) in [6.07, 6.45) is -0.530. The van der Waals surface area contributed by atoms with Crippen LogP contribution in [0.25, 0.3) is 0 Å². The van der Waals surface area contributed by atoms with E-state index in [4.69, 9.17) is 21.1 Å². The Hall–Kier alpha value is -1.46. The van der Waals surface area contributed by atoms with Crippen LogP contribution in [0.5, 0.6) is 11.5 Å². The van der Waals surface area contributed by atoms with Crippen LogP contribution in [0.2, 0.25) is 5.02 Å². The van der Waals surface area contributed by atoms with Crippen LogP contribution in [-0.2, 0) is 4.79 Å². The van der Waals surface area contributed by atoms with Gasteiger partial charge < -0.3 is 19.5 Å². The standard InChI is InChI=1S/C12H14ClNO4/c1-17-10-5-9(11(18-2)4-8(10)13)14-6-7(15)3-12(14)16/h4-5,7,15H,3,6H2,1-2H3. The van der Waals surface area contributed by atoms with Gasteiger partial charge in [-0.05, 0) is 0 Å². The largest absolute Gasteiger partial charge is 0.495 e. The first-order valence-electron chi connectivity index (χ1n) is 5.46. The molecule has 18 heavy (non-hydrogen) atoms. The zero-order chi connectivity index (χ0) is 13.3. The van der Waals surface area contributed by atoms with Gasteiger partial charge >= 0.3 is 0 Å². The minimum Gasteiger partial charge on any atom is -0.495 e. The van der Waals surface area contributed by atoms with Crippen molar-refractivity contribution >= 4 is 23.2 Å². The monoisotopic (exact) mass is 271 g/mol. The fraction of sp³-hybridized carbons (Fsp3) is 0.417. The Kier molecular flexibility index (Phi) is 3.63. The molecule has 1 aliphatic rings. The van der Waals surface area contributed by atoms with Crippen LogP contribution in [0.3, 0.4) is 0 Å². The van der Waals surface area contributed by atoms with E-state index in [1.807, 2.05) is 0 Å². The van der Waals surface area contributed by atoms with Crippen molar-refractivity contribution in [2.24, 2.45) is 0 Å². The average molecular weight is 272 g/mol. The average Bonchev–Trinajstić information content (AvgIpc) is 2.68. The molecule has 0 aromatic heterocycles. The van der Waals surface area contributed by atoms with Gasteiger partial charge in [0.15, 0.2) is 0 Å². The number of ether oxygens (including phenoxy) is 2. The molecule has 0 aliphatic carbocycles. The molecule has 1 atom stereocenters. The molecule has 0 radical (unpaired) electrons. The van der Waals surface area contributed by atoms with Gasteiger partial charge in [0, 0.05) is 12.1 Å². The molecule has 6 heteroatoms. The highest BCUT2D eigenvalue weighted by molar-refractivity contribution is 6.32. The summed E-state index contributed by atoms with van der Waals surface area (Å²) in [7, 11) is 3.00. The van der Waals surface area contributed by atoms with Gasteiger partial charge in [-0.25, -0.2) is 0 Å². The number of rotatable bonds is 3. The summed E-state index contributed by atoms with van der Waals surface area (Å²) >= 11 is 5.99. The number of aliphatic hydroxyl groups is 1. The number of carbonyl (C=O) groups excluding carboxylic acids is 1. The Morgan fingerprint density at radius 1 is 1.33 bits per heavy atom. The molecule has 1 amide bonds. The van der Waals surface area contributed by atoms with Gasteiger partial charge in [0.05, 0.1) is 44.0 Å². The summed E-state index contributed by atoms with van der Waals surface area (Å²) in [5.41, 5.74) is 0.556. The van der Waals surface area contributed by atoms with Gasteiger partial charge in [-0.3, -0.25) is 4.79 Å². The first kappa shape index (κ1) is 13.0. The summed E-state index contributed by atoms with van der Waals surface area (Å²) in [6, 6.07) is 3.23. The normalized spacial score (nSPS) is 19.2. The maximum absolute atomic E-state index is 11.8. The van der Waals surface area contributed by atoms with Crippen molar-refractivity contribution in [2.75, 3.05) is 25.7 Å². The topological polar surface area (TPSA) is 59.0 Å². The lowest BCUT2D eigenvalue weighted by atomic mass is 10.2. The molecular weight excluding hydrogens is 258 g/mol. The molecule has 1 fully saturated rings. The van der Waals surface area contributed by atoms with E-state index in [9.17, 15) is 9.90 Å². The zero-order valence-corrected chi connectivity index (χ0v) is 10.9. The quantitative estimate of drug-likeness (QED) is 0.904. The second-order valence-corrected chi connectivity index (χ2v) is 4.43. The maximum Gasteiger partial charge on any atom is 0.229 e. The number of hydrogen-bond acceptors (Lipinski definition) is 4. The van der Waals surface area contributed by atoms with Crippen molar-refractivity contribution < 1.29 is 19.4 Å². The minimum atomic E-state index is -0.649. The summed E-state index contributed by atoms with van der Waals surface area (Å²) < 4.78 is 10.3. The van der Waals surface area contributed by atoms with Gasteiger partial charge in [0.2, 0.25) is 5.91 Å². The molecule has 1 aromatic carbocycles. The number of nitrogens with zero attached hydrogens (tertiary/aromatic N) is 1. The van der Waals surface area contributed by atoms with E-state index >= 15 is 0 Å². The Balaban J connectivity index is 2.45. The van der Waals surface area contributed by atoms with E-state index in [0.717, 1.165) is 0 Å². The molecule has 1 saturated heterocycles. The molecule has 1 aliphatic heterocycles. The second kappa shape index (κ2) is 5.04. The molecule has 98 valence electrons. The number of β-amino-alcohol motifs (C(OH)–C–C–N with tert-alkyl or cyclic N) is 1. The number of amides is 1. The summed E-state index contributed by atoms with van der Waals surface area (Å²) in [5, 5.41) is 9.92. The lowest BCUT2D eigenvalue weighted by Crippen LogP contribution is -2.25. The third-order valence-corrected chi connectivity index (χ3v) is 3.14. The minimum absolute atomic E-state index is 0.119. The van der Waals surface area contributed by atoms with Crippen LogP contribution in [0.1, 0.15) is 6.42 Å². The molecular formula is C12H14ClNO4. The van der Waals surface area contributed by atoms with Crippen LogP contribution in [0, 0.1) is 0 Å². The van der Waals surface area contributed by atoms with Crippen LogP contribution < -0.4 is 14.4 Å². The van der Waals surface area contributed by atoms with Crippen molar-refractivity contribution in [3.05, 3.63) is 17.2 Å². The van der Waals surface area contributed by atoms with Crippen molar-refractivity contribution in [2.45, 2.75) is 12.5 Å². The van der Waals surface area contributed by atoms with Crippen molar-refractivity contribution in [1.82, 2.24) is 0 Å². The van der Waals surface area contributed by atoms with Crippen LogP contribution in [0.4, 0.5) is 5.69 Å². The Bertz CT molecular complexity index is 477. The van der Waals surface area contributed by atoms with Crippen LogP contribution in [-0.4, -0.2) is 37.9 Å². The van der Waals surface area contributed by atoms with Gasteiger partial charge in [0.1, 0.15) is 11.5 Å².